The maximum Gasteiger partial charge on any atom is 0.157 e. The predicted molar refractivity (Wildman–Crippen MR) is 86.1 cm³/mol. The van der Waals surface area contributed by atoms with Crippen molar-refractivity contribution in [2.45, 2.75) is 51.6 Å². The van der Waals surface area contributed by atoms with Crippen LogP contribution >= 0.6 is 11.8 Å². The van der Waals surface area contributed by atoms with Crippen molar-refractivity contribution < 1.29 is 0 Å². The number of aryl methyl sites for hydroxylation is 1. The van der Waals surface area contributed by atoms with Crippen LogP contribution in [0.1, 0.15) is 43.9 Å². The molecule has 2 heterocycles. The molecule has 1 aromatic rings. The lowest BCUT2D eigenvalue weighted by atomic mass is 9.78. The van der Waals surface area contributed by atoms with Gasteiger partial charge in [0, 0.05) is 23.2 Å². The third kappa shape index (κ3) is 3.17. The first-order valence-electron chi connectivity index (χ1n) is 7.52. The molecule has 2 atom stereocenters. The van der Waals surface area contributed by atoms with Crippen LogP contribution in [-0.2, 0) is 6.54 Å². The summed E-state index contributed by atoms with van der Waals surface area (Å²) in [5.41, 5.74) is 2.57. The van der Waals surface area contributed by atoms with E-state index >= 15 is 0 Å². The normalized spacial score (nSPS) is 31.7. The fourth-order valence-corrected chi connectivity index (χ4v) is 4.44. The summed E-state index contributed by atoms with van der Waals surface area (Å²) in [6.45, 7) is 5.12. The molecule has 0 aromatic carbocycles. The van der Waals surface area contributed by atoms with E-state index in [1.807, 2.05) is 24.9 Å². The Bertz CT molecular complexity index is 497. The second-order valence-corrected chi connectivity index (χ2v) is 7.29. The molecule has 0 radical (unpaired) electrons. The second kappa shape index (κ2) is 5.76. The van der Waals surface area contributed by atoms with Gasteiger partial charge in [-0.15, -0.1) is 0 Å². The average molecular weight is 289 g/mol. The first-order valence-corrected chi connectivity index (χ1v) is 8.51. The van der Waals surface area contributed by atoms with Gasteiger partial charge in [-0.1, -0.05) is 37.6 Å². The van der Waals surface area contributed by atoms with Gasteiger partial charge in [0.05, 0.1) is 6.54 Å². The summed E-state index contributed by atoms with van der Waals surface area (Å²) >= 11 is 1.89. The molecule has 2 aliphatic rings. The number of nitrogens with one attached hydrogen (secondary N) is 1. The van der Waals surface area contributed by atoms with Crippen molar-refractivity contribution in [2.75, 3.05) is 5.75 Å². The Balaban J connectivity index is 1.61. The first-order chi connectivity index (χ1) is 9.65. The van der Waals surface area contributed by atoms with Crippen LogP contribution in [0.3, 0.4) is 0 Å². The van der Waals surface area contributed by atoms with Gasteiger partial charge in [-0.3, -0.25) is 9.98 Å². The lowest BCUT2D eigenvalue weighted by molar-refractivity contribution is 0.242. The minimum atomic E-state index is 0.326. The quantitative estimate of drug-likeness (QED) is 0.905. The molecule has 0 amide bonds. The third-order valence-corrected chi connectivity index (χ3v) is 5.53. The van der Waals surface area contributed by atoms with Crippen molar-refractivity contribution in [3.63, 3.8) is 0 Å². The Morgan fingerprint density at radius 3 is 3.15 bits per heavy atom. The molecule has 3 nitrogen and oxygen atoms in total. The Hall–Kier alpha value is -1.03. The fourth-order valence-electron chi connectivity index (χ4n) is 3.25. The summed E-state index contributed by atoms with van der Waals surface area (Å²) in [4.78, 5) is 9.05. The number of aliphatic imine (C=N–C) groups is 1. The third-order valence-electron chi connectivity index (χ3n) is 4.33. The van der Waals surface area contributed by atoms with Crippen LogP contribution in [-0.4, -0.2) is 21.4 Å². The number of nitrogens with zero attached hydrogens (tertiary/aromatic N) is 2. The van der Waals surface area contributed by atoms with Crippen LogP contribution in [0.25, 0.3) is 0 Å². The minimum absolute atomic E-state index is 0.326. The van der Waals surface area contributed by atoms with Gasteiger partial charge in [-0.25, -0.2) is 0 Å². The molecule has 1 spiro atoms. The zero-order chi connectivity index (χ0) is 14.0. The van der Waals surface area contributed by atoms with Gasteiger partial charge in [-0.2, -0.15) is 0 Å². The molecule has 108 valence electrons. The predicted octanol–water partition coefficient (Wildman–Crippen LogP) is 3.53. The van der Waals surface area contributed by atoms with Gasteiger partial charge in [0.1, 0.15) is 0 Å². The standard InChI is InChI=1S/C16H23N3S/c1-12-4-3-7-16(8-12)11-20-15(19-16)18-10-14-6-5-13(2)17-9-14/h5-6,9,12H,3-4,7-8,10-11H2,1-2H3,(H,18,19). The van der Waals surface area contributed by atoms with Gasteiger partial charge in [-0.05, 0) is 37.3 Å². The van der Waals surface area contributed by atoms with Crippen LogP contribution in [0.15, 0.2) is 23.3 Å². The van der Waals surface area contributed by atoms with Crippen molar-refractivity contribution >= 4 is 16.9 Å². The smallest absolute Gasteiger partial charge is 0.157 e. The average Bonchev–Trinajstić information content (AvgIpc) is 2.81. The molecule has 1 saturated heterocycles. The molecule has 1 saturated carbocycles. The van der Waals surface area contributed by atoms with E-state index in [0.29, 0.717) is 5.54 Å². The highest BCUT2D eigenvalue weighted by Crippen LogP contribution is 2.38. The maximum atomic E-state index is 4.73. The zero-order valence-electron chi connectivity index (χ0n) is 12.4. The minimum Gasteiger partial charge on any atom is -0.359 e. The van der Waals surface area contributed by atoms with Gasteiger partial charge in [0.25, 0.3) is 0 Å². The van der Waals surface area contributed by atoms with Crippen LogP contribution in [0, 0.1) is 12.8 Å². The fraction of sp³-hybridized carbons (Fsp3) is 0.625. The molecular formula is C16H23N3S. The van der Waals surface area contributed by atoms with E-state index in [1.54, 1.807) is 0 Å². The highest BCUT2D eigenvalue weighted by Gasteiger charge is 2.40. The molecule has 1 aliphatic heterocycles. The summed E-state index contributed by atoms with van der Waals surface area (Å²) in [5, 5.41) is 4.84. The molecule has 1 N–H and O–H groups in total. The molecule has 2 unspecified atom stereocenters. The van der Waals surface area contributed by atoms with E-state index in [1.165, 1.54) is 37.0 Å². The number of thioether (sulfide) groups is 1. The van der Waals surface area contributed by atoms with E-state index in [0.717, 1.165) is 23.3 Å². The molecule has 1 aromatic heterocycles. The monoisotopic (exact) mass is 289 g/mol. The van der Waals surface area contributed by atoms with Crippen LogP contribution in [0.2, 0.25) is 0 Å². The van der Waals surface area contributed by atoms with E-state index in [9.17, 15) is 0 Å². The van der Waals surface area contributed by atoms with Crippen molar-refractivity contribution in [1.82, 2.24) is 10.3 Å². The SMILES string of the molecule is Cc1ccc(CN=C2NC3(CCCC(C)C3)CS2)cn1. The Kier molecular flexibility index (Phi) is 4.01. The Morgan fingerprint density at radius 2 is 2.40 bits per heavy atom. The van der Waals surface area contributed by atoms with E-state index in [2.05, 4.69) is 29.4 Å². The largest absolute Gasteiger partial charge is 0.359 e. The van der Waals surface area contributed by atoms with Crippen LogP contribution < -0.4 is 5.32 Å². The number of amidine groups is 1. The molecule has 2 fully saturated rings. The van der Waals surface area contributed by atoms with Crippen molar-refractivity contribution in [2.24, 2.45) is 10.9 Å². The van der Waals surface area contributed by atoms with Crippen LogP contribution in [0.4, 0.5) is 0 Å². The summed E-state index contributed by atoms with van der Waals surface area (Å²) in [6, 6.07) is 4.17. The second-order valence-electron chi connectivity index (χ2n) is 6.32. The van der Waals surface area contributed by atoms with Crippen molar-refractivity contribution in [1.29, 1.82) is 0 Å². The number of rotatable bonds is 2. The Morgan fingerprint density at radius 1 is 1.50 bits per heavy atom. The highest BCUT2D eigenvalue weighted by molar-refractivity contribution is 8.14. The van der Waals surface area contributed by atoms with Crippen molar-refractivity contribution in [3.8, 4) is 0 Å². The zero-order valence-corrected chi connectivity index (χ0v) is 13.2. The number of hydrogen-bond acceptors (Lipinski definition) is 3. The highest BCUT2D eigenvalue weighted by atomic mass is 32.2. The van der Waals surface area contributed by atoms with Gasteiger partial charge in [0.2, 0.25) is 0 Å². The number of pyridine rings is 1. The lowest BCUT2D eigenvalue weighted by Crippen LogP contribution is -2.47. The summed E-state index contributed by atoms with van der Waals surface area (Å²) < 4.78 is 0. The van der Waals surface area contributed by atoms with Gasteiger partial charge in [0.15, 0.2) is 5.17 Å². The molecular weight excluding hydrogens is 266 g/mol. The Labute approximate surface area is 125 Å². The molecule has 0 bridgehead atoms. The van der Waals surface area contributed by atoms with E-state index in [-0.39, 0.29) is 0 Å². The van der Waals surface area contributed by atoms with E-state index < -0.39 is 0 Å². The summed E-state index contributed by atoms with van der Waals surface area (Å²) in [6.07, 6.45) is 7.26. The molecule has 20 heavy (non-hydrogen) atoms. The summed E-state index contributed by atoms with van der Waals surface area (Å²) in [7, 11) is 0. The summed E-state index contributed by atoms with van der Waals surface area (Å²) in [5.74, 6) is 2.03. The van der Waals surface area contributed by atoms with Gasteiger partial charge < -0.3 is 5.32 Å². The molecule has 4 heteroatoms. The van der Waals surface area contributed by atoms with Gasteiger partial charge >= 0.3 is 0 Å². The van der Waals surface area contributed by atoms with Crippen molar-refractivity contribution in [3.05, 3.63) is 29.6 Å². The lowest BCUT2D eigenvalue weighted by Gasteiger charge is -2.36. The molecule has 3 rings (SSSR count). The first kappa shape index (κ1) is 13.9. The topological polar surface area (TPSA) is 37.3 Å². The van der Waals surface area contributed by atoms with E-state index in [4.69, 9.17) is 4.99 Å². The number of aromatic nitrogens is 1. The maximum absolute atomic E-state index is 4.73. The van der Waals surface area contributed by atoms with Crippen LogP contribution in [0.5, 0.6) is 0 Å². The number of hydrogen-bond donors (Lipinski definition) is 1. The molecule has 1 aliphatic carbocycles.